The number of nitrogens with zero attached hydrogens (tertiary/aromatic N) is 2. The molecule has 0 saturated carbocycles. The highest BCUT2D eigenvalue weighted by Gasteiger charge is 2.15. The van der Waals surface area contributed by atoms with E-state index < -0.39 is 4.92 Å². The molecule has 0 spiro atoms. The predicted octanol–water partition coefficient (Wildman–Crippen LogP) is 5.11. The van der Waals surface area contributed by atoms with Crippen LogP contribution < -0.4 is 5.32 Å². The van der Waals surface area contributed by atoms with Crippen LogP contribution in [0.25, 0.3) is 21.7 Å². The fourth-order valence-corrected chi connectivity index (χ4v) is 3.45. The molecular formula is C18H11ClN4O3S. The smallest absolute Gasteiger partial charge is 0.324 e. The van der Waals surface area contributed by atoms with Crippen LogP contribution in [-0.4, -0.2) is 20.8 Å². The zero-order valence-electron chi connectivity index (χ0n) is 13.6. The van der Waals surface area contributed by atoms with Crippen LogP contribution in [-0.2, 0) is 0 Å². The van der Waals surface area contributed by atoms with Crippen molar-refractivity contribution in [1.29, 1.82) is 0 Å². The maximum atomic E-state index is 12.4. The van der Waals surface area contributed by atoms with Gasteiger partial charge in [0.25, 0.3) is 5.91 Å². The topological polar surface area (TPSA) is 101 Å². The number of fused-ring (bicyclic) bond motifs is 1. The lowest BCUT2D eigenvalue weighted by atomic mass is 10.2. The first kappa shape index (κ1) is 17.2. The Hall–Kier alpha value is -3.23. The van der Waals surface area contributed by atoms with Gasteiger partial charge in [-0.1, -0.05) is 22.9 Å². The highest BCUT2D eigenvalue weighted by Crippen LogP contribution is 2.32. The maximum Gasteiger partial charge on any atom is 0.324 e. The molecule has 0 aliphatic rings. The van der Waals surface area contributed by atoms with Crippen LogP contribution in [0.3, 0.4) is 0 Å². The molecule has 0 radical (unpaired) electrons. The highest BCUT2D eigenvalue weighted by atomic mass is 35.5. The second-order valence-electron chi connectivity index (χ2n) is 5.67. The SMILES string of the molecule is O=C(Nc1ccc(Cl)cc1)c1ccc2nc(-c3ccc([N+](=O)[O-])s3)[nH]c2c1. The number of amides is 1. The van der Waals surface area contributed by atoms with Crippen molar-refractivity contribution < 1.29 is 9.72 Å². The molecule has 7 nitrogen and oxygen atoms in total. The number of carbonyl (C=O) groups excluding carboxylic acids is 1. The number of imidazole rings is 1. The Morgan fingerprint density at radius 1 is 1.15 bits per heavy atom. The summed E-state index contributed by atoms with van der Waals surface area (Å²) in [6, 6.07) is 15.0. The number of anilines is 1. The molecule has 4 rings (SSSR count). The third-order valence-corrected chi connectivity index (χ3v) is 5.15. The first-order valence-electron chi connectivity index (χ1n) is 7.81. The number of aromatic amines is 1. The molecule has 0 aliphatic carbocycles. The molecule has 0 saturated heterocycles. The summed E-state index contributed by atoms with van der Waals surface area (Å²) in [5.74, 6) is 0.264. The van der Waals surface area contributed by atoms with Crippen LogP contribution in [0.5, 0.6) is 0 Å². The summed E-state index contributed by atoms with van der Waals surface area (Å²) in [5.41, 5.74) is 2.44. The van der Waals surface area contributed by atoms with Gasteiger partial charge in [0.2, 0.25) is 0 Å². The van der Waals surface area contributed by atoms with E-state index in [9.17, 15) is 14.9 Å². The third kappa shape index (κ3) is 3.53. The minimum absolute atomic E-state index is 0.0495. The number of hydrogen-bond acceptors (Lipinski definition) is 5. The van der Waals surface area contributed by atoms with Gasteiger partial charge in [-0.3, -0.25) is 14.9 Å². The van der Waals surface area contributed by atoms with E-state index in [1.165, 1.54) is 6.07 Å². The van der Waals surface area contributed by atoms with E-state index in [4.69, 9.17) is 11.6 Å². The fourth-order valence-electron chi connectivity index (χ4n) is 2.56. The van der Waals surface area contributed by atoms with E-state index in [-0.39, 0.29) is 10.9 Å². The van der Waals surface area contributed by atoms with Crippen molar-refractivity contribution >= 4 is 50.6 Å². The standard InChI is InChI=1S/C18H11ClN4O3S/c19-11-2-4-12(5-3-11)20-18(24)10-1-6-13-14(9-10)22-17(21-13)15-7-8-16(27-15)23(25)26/h1-9H,(H,20,24)(H,21,22). The van der Waals surface area contributed by atoms with Gasteiger partial charge in [0, 0.05) is 22.3 Å². The summed E-state index contributed by atoms with van der Waals surface area (Å²) >= 11 is 6.88. The summed E-state index contributed by atoms with van der Waals surface area (Å²) in [5, 5.41) is 14.3. The second kappa shape index (κ2) is 6.82. The van der Waals surface area contributed by atoms with Crippen molar-refractivity contribution in [3.8, 4) is 10.7 Å². The van der Waals surface area contributed by atoms with Crippen LogP contribution in [0.1, 0.15) is 10.4 Å². The first-order valence-corrected chi connectivity index (χ1v) is 9.00. The lowest BCUT2D eigenvalue weighted by molar-refractivity contribution is -0.380. The van der Waals surface area contributed by atoms with Gasteiger partial charge in [0.15, 0.2) is 0 Å². The number of hydrogen-bond donors (Lipinski definition) is 2. The van der Waals surface area contributed by atoms with E-state index in [2.05, 4.69) is 15.3 Å². The molecule has 2 aromatic heterocycles. The monoisotopic (exact) mass is 398 g/mol. The quantitative estimate of drug-likeness (QED) is 0.368. The minimum Gasteiger partial charge on any atom is -0.337 e. The van der Waals surface area contributed by atoms with Gasteiger partial charge in [-0.2, -0.15) is 0 Å². The van der Waals surface area contributed by atoms with E-state index in [0.29, 0.717) is 38.0 Å². The lowest BCUT2D eigenvalue weighted by Crippen LogP contribution is -2.11. The highest BCUT2D eigenvalue weighted by molar-refractivity contribution is 7.18. The molecule has 27 heavy (non-hydrogen) atoms. The number of nitrogens with one attached hydrogen (secondary N) is 2. The molecule has 134 valence electrons. The zero-order chi connectivity index (χ0) is 19.0. The van der Waals surface area contributed by atoms with Crippen molar-refractivity contribution in [2.24, 2.45) is 0 Å². The molecule has 0 fully saturated rings. The van der Waals surface area contributed by atoms with Crippen molar-refractivity contribution in [3.63, 3.8) is 0 Å². The van der Waals surface area contributed by atoms with Gasteiger partial charge in [0.05, 0.1) is 20.8 Å². The van der Waals surface area contributed by atoms with Gasteiger partial charge < -0.3 is 10.3 Å². The number of H-pyrrole nitrogens is 1. The average molecular weight is 399 g/mol. The van der Waals surface area contributed by atoms with E-state index >= 15 is 0 Å². The van der Waals surface area contributed by atoms with Crippen LogP contribution in [0.4, 0.5) is 10.7 Å². The van der Waals surface area contributed by atoms with Crippen LogP contribution in [0.15, 0.2) is 54.6 Å². The summed E-state index contributed by atoms with van der Waals surface area (Å²) < 4.78 is 0. The normalized spacial score (nSPS) is 10.9. The molecule has 1 amide bonds. The van der Waals surface area contributed by atoms with Crippen LogP contribution in [0.2, 0.25) is 5.02 Å². The number of thiophene rings is 1. The third-order valence-electron chi connectivity index (χ3n) is 3.85. The molecule has 0 aliphatic heterocycles. The fraction of sp³-hybridized carbons (Fsp3) is 0. The number of halogens is 1. The predicted molar refractivity (Wildman–Crippen MR) is 105 cm³/mol. The number of benzene rings is 2. The zero-order valence-corrected chi connectivity index (χ0v) is 15.2. The number of rotatable bonds is 4. The van der Waals surface area contributed by atoms with Crippen molar-refractivity contribution in [3.05, 3.63) is 75.3 Å². The average Bonchev–Trinajstić information content (AvgIpc) is 3.29. The number of nitro groups is 1. The van der Waals surface area contributed by atoms with E-state index in [1.54, 1.807) is 48.5 Å². The summed E-state index contributed by atoms with van der Waals surface area (Å²) in [6.07, 6.45) is 0. The van der Waals surface area contributed by atoms with Crippen molar-refractivity contribution in [1.82, 2.24) is 9.97 Å². The Bertz CT molecular complexity index is 1170. The molecule has 2 N–H and O–H groups in total. The second-order valence-corrected chi connectivity index (χ2v) is 7.17. The Labute approximate surface area is 161 Å². The summed E-state index contributed by atoms with van der Waals surface area (Å²) in [7, 11) is 0. The van der Waals surface area contributed by atoms with Gasteiger partial charge in [-0.05, 0) is 48.5 Å². The minimum atomic E-state index is -0.434. The van der Waals surface area contributed by atoms with Gasteiger partial charge in [-0.15, -0.1) is 0 Å². The number of carbonyl (C=O) groups is 1. The molecule has 9 heteroatoms. The molecule has 4 aromatic rings. The van der Waals surface area contributed by atoms with Crippen LogP contribution >= 0.6 is 22.9 Å². The Balaban J connectivity index is 1.61. The Morgan fingerprint density at radius 2 is 1.93 bits per heavy atom. The van der Waals surface area contributed by atoms with Crippen molar-refractivity contribution in [2.45, 2.75) is 0 Å². The van der Waals surface area contributed by atoms with Gasteiger partial charge in [-0.25, -0.2) is 4.98 Å². The maximum absolute atomic E-state index is 12.4. The largest absolute Gasteiger partial charge is 0.337 e. The molecule has 2 heterocycles. The molecule has 0 unspecified atom stereocenters. The first-order chi connectivity index (χ1) is 13.0. The molecule has 2 aromatic carbocycles. The van der Waals surface area contributed by atoms with Gasteiger partial charge in [0.1, 0.15) is 5.82 Å². The summed E-state index contributed by atoms with van der Waals surface area (Å²) in [6.45, 7) is 0. The van der Waals surface area contributed by atoms with Crippen molar-refractivity contribution in [2.75, 3.05) is 5.32 Å². The number of aromatic nitrogens is 2. The molecular weight excluding hydrogens is 388 g/mol. The lowest BCUT2D eigenvalue weighted by Gasteiger charge is -2.05. The Kier molecular flexibility index (Phi) is 4.35. The van der Waals surface area contributed by atoms with E-state index in [1.807, 2.05) is 0 Å². The van der Waals surface area contributed by atoms with Gasteiger partial charge >= 0.3 is 5.00 Å². The molecule has 0 atom stereocenters. The Morgan fingerprint density at radius 3 is 2.63 bits per heavy atom. The van der Waals surface area contributed by atoms with Crippen LogP contribution in [0, 0.1) is 10.1 Å². The summed E-state index contributed by atoms with van der Waals surface area (Å²) in [4.78, 5) is 31.1. The molecule has 0 bridgehead atoms. The van der Waals surface area contributed by atoms with E-state index in [0.717, 1.165) is 11.3 Å².